The molecule has 0 radical (unpaired) electrons. The first-order valence-electron chi connectivity index (χ1n) is 5.90. The lowest BCUT2D eigenvalue weighted by molar-refractivity contribution is 0.0697. The first kappa shape index (κ1) is 12.4. The third-order valence-electron chi connectivity index (χ3n) is 3.16. The van der Waals surface area contributed by atoms with E-state index in [1.54, 1.807) is 17.0 Å². The minimum Gasteiger partial charge on any atom is -0.478 e. The van der Waals surface area contributed by atoms with Crippen LogP contribution in [0.3, 0.4) is 0 Å². The van der Waals surface area contributed by atoms with E-state index in [4.69, 9.17) is 5.11 Å². The van der Waals surface area contributed by atoms with Crippen LogP contribution < -0.4 is 10.2 Å². The molecular weight excluding hydrogens is 232 g/mol. The van der Waals surface area contributed by atoms with Crippen molar-refractivity contribution in [2.24, 2.45) is 5.92 Å². The van der Waals surface area contributed by atoms with Crippen LogP contribution in [0.4, 0.5) is 10.5 Å². The van der Waals surface area contributed by atoms with Crippen molar-refractivity contribution in [3.63, 3.8) is 0 Å². The molecule has 0 bridgehead atoms. The van der Waals surface area contributed by atoms with E-state index in [0.717, 1.165) is 5.69 Å². The molecule has 1 aromatic rings. The Labute approximate surface area is 105 Å². The van der Waals surface area contributed by atoms with Gasteiger partial charge in [-0.3, -0.25) is 4.90 Å². The molecule has 0 aromatic heterocycles. The Balaban J connectivity index is 2.17. The van der Waals surface area contributed by atoms with Crippen LogP contribution in [0.2, 0.25) is 0 Å². The number of urea groups is 1. The summed E-state index contributed by atoms with van der Waals surface area (Å²) >= 11 is 0. The number of hydrogen-bond acceptors (Lipinski definition) is 2. The van der Waals surface area contributed by atoms with Crippen molar-refractivity contribution in [3.8, 4) is 0 Å². The number of nitrogens with one attached hydrogen (secondary N) is 1. The van der Waals surface area contributed by atoms with Crippen molar-refractivity contribution >= 4 is 17.7 Å². The molecule has 0 aliphatic carbocycles. The Kier molecular flexibility index (Phi) is 3.23. The van der Waals surface area contributed by atoms with E-state index in [-0.39, 0.29) is 17.6 Å². The highest BCUT2D eigenvalue weighted by molar-refractivity contribution is 5.95. The van der Waals surface area contributed by atoms with Gasteiger partial charge in [-0.25, -0.2) is 9.59 Å². The lowest BCUT2D eigenvalue weighted by Gasteiger charge is -2.16. The Morgan fingerprint density at radius 1 is 1.39 bits per heavy atom. The molecule has 5 nitrogen and oxygen atoms in total. The summed E-state index contributed by atoms with van der Waals surface area (Å²) in [5.41, 5.74) is 0.944. The van der Waals surface area contributed by atoms with Crippen LogP contribution >= 0.6 is 0 Å². The first-order valence-corrected chi connectivity index (χ1v) is 5.90. The van der Waals surface area contributed by atoms with Gasteiger partial charge in [0.25, 0.3) is 0 Å². The second kappa shape index (κ2) is 4.68. The van der Waals surface area contributed by atoms with Gasteiger partial charge in [0.05, 0.1) is 11.6 Å². The maximum absolute atomic E-state index is 11.8. The summed E-state index contributed by atoms with van der Waals surface area (Å²) < 4.78 is 0. The number of anilines is 1. The van der Waals surface area contributed by atoms with Gasteiger partial charge in [0.1, 0.15) is 0 Å². The molecule has 18 heavy (non-hydrogen) atoms. The smallest absolute Gasteiger partial charge is 0.335 e. The molecule has 96 valence electrons. The molecule has 1 atom stereocenters. The summed E-state index contributed by atoms with van der Waals surface area (Å²) in [6, 6.07) is 6.34. The third kappa shape index (κ3) is 2.30. The maximum Gasteiger partial charge on any atom is 0.335 e. The van der Waals surface area contributed by atoms with Crippen LogP contribution in [0.25, 0.3) is 0 Å². The van der Waals surface area contributed by atoms with Crippen LogP contribution in [-0.4, -0.2) is 29.7 Å². The number of nitrogens with zero attached hydrogens (tertiary/aromatic N) is 1. The fraction of sp³-hybridized carbons (Fsp3) is 0.385. The number of hydrogen-bond donors (Lipinski definition) is 2. The summed E-state index contributed by atoms with van der Waals surface area (Å²) in [4.78, 5) is 24.2. The van der Waals surface area contributed by atoms with Crippen LogP contribution in [0.1, 0.15) is 24.2 Å². The number of amides is 2. The summed E-state index contributed by atoms with van der Waals surface area (Å²) in [5.74, 6) is -0.593. The molecule has 1 saturated heterocycles. The molecule has 5 heteroatoms. The molecule has 1 aromatic carbocycles. The van der Waals surface area contributed by atoms with Gasteiger partial charge >= 0.3 is 12.0 Å². The van der Waals surface area contributed by atoms with Crippen LogP contribution in [0.15, 0.2) is 24.3 Å². The van der Waals surface area contributed by atoms with Gasteiger partial charge in [-0.2, -0.15) is 0 Å². The highest BCUT2D eigenvalue weighted by Crippen LogP contribution is 2.21. The number of carbonyl (C=O) groups excluding carboxylic acids is 1. The van der Waals surface area contributed by atoms with Gasteiger partial charge in [0.15, 0.2) is 0 Å². The second-order valence-electron chi connectivity index (χ2n) is 4.76. The van der Waals surface area contributed by atoms with Gasteiger partial charge in [-0.05, 0) is 30.2 Å². The summed E-state index contributed by atoms with van der Waals surface area (Å²) in [5, 5.41) is 11.7. The molecule has 1 aliphatic heterocycles. The van der Waals surface area contributed by atoms with Crippen molar-refractivity contribution in [2.45, 2.75) is 19.9 Å². The number of benzene rings is 1. The van der Waals surface area contributed by atoms with E-state index in [2.05, 4.69) is 19.2 Å². The SMILES string of the molecule is CC(C)C1CN(c2ccc(C(=O)O)cc2)C(=O)N1. The van der Waals surface area contributed by atoms with Gasteiger partial charge in [-0.15, -0.1) is 0 Å². The van der Waals surface area contributed by atoms with Crippen molar-refractivity contribution in [3.05, 3.63) is 29.8 Å². The minimum atomic E-state index is -0.965. The Hall–Kier alpha value is -2.04. The van der Waals surface area contributed by atoms with E-state index in [0.29, 0.717) is 12.5 Å². The molecule has 2 N–H and O–H groups in total. The fourth-order valence-corrected chi connectivity index (χ4v) is 1.95. The number of carboxylic acid groups (broad SMARTS) is 1. The average molecular weight is 248 g/mol. The van der Waals surface area contributed by atoms with Gasteiger partial charge in [-0.1, -0.05) is 13.8 Å². The lowest BCUT2D eigenvalue weighted by atomic mass is 10.1. The van der Waals surface area contributed by atoms with Crippen LogP contribution in [0, 0.1) is 5.92 Å². The highest BCUT2D eigenvalue weighted by atomic mass is 16.4. The molecule has 1 fully saturated rings. The van der Waals surface area contributed by atoms with E-state index < -0.39 is 5.97 Å². The summed E-state index contributed by atoms with van der Waals surface area (Å²) in [7, 11) is 0. The zero-order valence-electron chi connectivity index (χ0n) is 10.4. The van der Waals surface area contributed by atoms with Crippen molar-refractivity contribution in [1.82, 2.24) is 5.32 Å². The Morgan fingerprint density at radius 3 is 2.44 bits per heavy atom. The molecule has 2 rings (SSSR count). The number of rotatable bonds is 3. The number of aromatic carboxylic acids is 1. The van der Waals surface area contributed by atoms with Crippen LogP contribution in [-0.2, 0) is 0 Å². The summed E-state index contributed by atoms with van der Waals surface area (Å²) in [6.45, 7) is 4.73. The quantitative estimate of drug-likeness (QED) is 0.858. The summed E-state index contributed by atoms with van der Waals surface area (Å²) in [6.07, 6.45) is 0. The zero-order valence-corrected chi connectivity index (χ0v) is 10.4. The van der Waals surface area contributed by atoms with E-state index in [1.807, 2.05) is 0 Å². The predicted octanol–water partition coefficient (Wildman–Crippen LogP) is 1.94. The molecular formula is C13H16N2O3. The molecule has 0 spiro atoms. The average Bonchev–Trinajstić information content (AvgIpc) is 2.71. The van der Waals surface area contributed by atoms with E-state index in [9.17, 15) is 9.59 Å². The molecule has 0 saturated carbocycles. The van der Waals surface area contributed by atoms with Gasteiger partial charge in [0.2, 0.25) is 0 Å². The topological polar surface area (TPSA) is 69.6 Å². The Bertz CT molecular complexity index is 468. The standard InChI is InChI=1S/C13H16N2O3/c1-8(2)11-7-15(13(18)14-11)10-5-3-9(4-6-10)12(16)17/h3-6,8,11H,7H2,1-2H3,(H,14,18)(H,16,17). The molecule has 1 unspecified atom stereocenters. The first-order chi connectivity index (χ1) is 8.49. The maximum atomic E-state index is 11.8. The monoisotopic (exact) mass is 248 g/mol. The van der Waals surface area contributed by atoms with E-state index >= 15 is 0 Å². The highest BCUT2D eigenvalue weighted by Gasteiger charge is 2.31. The fourth-order valence-electron chi connectivity index (χ4n) is 1.95. The van der Waals surface area contributed by atoms with Crippen molar-refractivity contribution in [2.75, 3.05) is 11.4 Å². The third-order valence-corrected chi connectivity index (χ3v) is 3.16. The van der Waals surface area contributed by atoms with E-state index in [1.165, 1.54) is 12.1 Å². The minimum absolute atomic E-state index is 0.128. The predicted molar refractivity (Wildman–Crippen MR) is 67.9 cm³/mol. The normalized spacial score (nSPS) is 19.2. The van der Waals surface area contributed by atoms with Crippen LogP contribution in [0.5, 0.6) is 0 Å². The molecule has 1 aliphatic rings. The second-order valence-corrected chi connectivity index (χ2v) is 4.76. The van der Waals surface area contributed by atoms with Gasteiger partial charge in [0, 0.05) is 12.2 Å². The van der Waals surface area contributed by atoms with Crippen molar-refractivity contribution in [1.29, 1.82) is 0 Å². The number of carboxylic acids is 1. The Morgan fingerprint density at radius 2 is 2.00 bits per heavy atom. The zero-order chi connectivity index (χ0) is 13.3. The van der Waals surface area contributed by atoms with Crippen molar-refractivity contribution < 1.29 is 14.7 Å². The number of carbonyl (C=O) groups is 2. The molecule has 2 amide bonds. The molecule has 1 heterocycles. The largest absolute Gasteiger partial charge is 0.478 e. The lowest BCUT2D eigenvalue weighted by Crippen LogP contribution is -2.31. The van der Waals surface area contributed by atoms with Gasteiger partial charge < -0.3 is 10.4 Å².